The van der Waals surface area contributed by atoms with Gasteiger partial charge in [-0.1, -0.05) is 0 Å². The van der Waals surface area contributed by atoms with Crippen molar-refractivity contribution in [3.8, 4) is 0 Å². The van der Waals surface area contributed by atoms with Crippen molar-refractivity contribution in [1.82, 2.24) is 5.32 Å². The Bertz CT molecular complexity index is 356. The van der Waals surface area contributed by atoms with Gasteiger partial charge < -0.3 is 14.8 Å². The van der Waals surface area contributed by atoms with Gasteiger partial charge in [-0.2, -0.15) is 0 Å². The van der Waals surface area contributed by atoms with Crippen LogP contribution in [-0.2, 0) is 4.79 Å². The number of rotatable bonds is 5. The Hall–Kier alpha value is -1.78. The molecule has 5 nitrogen and oxygen atoms in total. The van der Waals surface area contributed by atoms with Crippen molar-refractivity contribution in [2.45, 2.75) is 19.8 Å². The SMILES string of the molecule is Cc1coc(C(=O)NCCCC(=O)O)c1. The fourth-order valence-corrected chi connectivity index (χ4v) is 1.08. The van der Waals surface area contributed by atoms with E-state index in [9.17, 15) is 9.59 Å². The van der Waals surface area contributed by atoms with E-state index in [-0.39, 0.29) is 18.1 Å². The lowest BCUT2D eigenvalue weighted by Gasteiger charge is -2.00. The van der Waals surface area contributed by atoms with Gasteiger partial charge >= 0.3 is 5.97 Å². The van der Waals surface area contributed by atoms with E-state index >= 15 is 0 Å². The Balaban J connectivity index is 2.28. The highest BCUT2D eigenvalue weighted by Gasteiger charge is 2.08. The summed E-state index contributed by atoms with van der Waals surface area (Å²) in [6, 6.07) is 1.63. The molecule has 0 spiro atoms. The number of carboxylic acid groups (broad SMARTS) is 1. The third-order valence-electron chi connectivity index (χ3n) is 1.81. The standard InChI is InChI=1S/C10H13NO4/c1-7-5-8(15-6-7)10(14)11-4-2-3-9(12)13/h5-6H,2-4H2,1H3,(H,11,14)(H,12,13). The number of carbonyl (C=O) groups is 2. The van der Waals surface area contributed by atoms with Crippen LogP contribution in [0.25, 0.3) is 0 Å². The Labute approximate surface area is 87.1 Å². The van der Waals surface area contributed by atoms with E-state index in [1.165, 1.54) is 6.26 Å². The zero-order chi connectivity index (χ0) is 11.3. The summed E-state index contributed by atoms with van der Waals surface area (Å²) < 4.78 is 4.98. The first kappa shape index (κ1) is 11.3. The van der Waals surface area contributed by atoms with E-state index in [4.69, 9.17) is 9.52 Å². The van der Waals surface area contributed by atoms with Crippen LogP contribution in [0.4, 0.5) is 0 Å². The third kappa shape index (κ3) is 3.84. The number of aryl methyl sites for hydroxylation is 1. The molecule has 15 heavy (non-hydrogen) atoms. The van der Waals surface area contributed by atoms with Crippen molar-refractivity contribution in [3.05, 3.63) is 23.7 Å². The van der Waals surface area contributed by atoms with Gasteiger partial charge in [0.25, 0.3) is 5.91 Å². The maximum absolute atomic E-state index is 11.4. The molecule has 0 unspecified atom stereocenters. The van der Waals surface area contributed by atoms with E-state index < -0.39 is 5.97 Å². The topological polar surface area (TPSA) is 79.5 Å². The quantitative estimate of drug-likeness (QED) is 0.717. The molecule has 0 aliphatic rings. The molecule has 0 radical (unpaired) electrons. The second kappa shape index (κ2) is 5.19. The second-order valence-electron chi connectivity index (χ2n) is 3.24. The average molecular weight is 211 g/mol. The summed E-state index contributed by atoms with van der Waals surface area (Å²) in [6.07, 6.45) is 1.96. The highest BCUT2D eigenvalue weighted by atomic mass is 16.4. The van der Waals surface area contributed by atoms with Crippen LogP contribution < -0.4 is 5.32 Å². The second-order valence-corrected chi connectivity index (χ2v) is 3.24. The largest absolute Gasteiger partial charge is 0.481 e. The predicted molar refractivity (Wildman–Crippen MR) is 52.6 cm³/mol. The zero-order valence-corrected chi connectivity index (χ0v) is 8.45. The van der Waals surface area contributed by atoms with Crippen molar-refractivity contribution in [3.63, 3.8) is 0 Å². The first-order chi connectivity index (χ1) is 7.09. The molecule has 0 bridgehead atoms. The van der Waals surface area contributed by atoms with Crippen molar-refractivity contribution in [1.29, 1.82) is 0 Å². The molecule has 1 heterocycles. The highest BCUT2D eigenvalue weighted by molar-refractivity contribution is 5.91. The maximum atomic E-state index is 11.4. The normalized spacial score (nSPS) is 9.93. The number of hydrogen-bond acceptors (Lipinski definition) is 3. The molecular weight excluding hydrogens is 198 g/mol. The number of furan rings is 1. The Morgan fingerprint density at radius 3 is 2.80 bits per heavy atom. The summed E-state index contributed by atoms with van der Waals surface area (Å²) >= 11 is 0. The fourth-order valence-electron chi connectivity index (χ4n) is 1.08. The van der Waals surface area contributed by atoms with Crippen LogP contribution in [0.15, 0.2) is 16.7 Å². The lowest BCUT2D eigenvalue weighted by Crippen LogP contribution is -2.24. The van der Waals surface area contributed by atoms with Crippen molar-refractivity contribution >= 4 is 11.9 Å². The minimum Gasteiger partial charge on any atom is -0.481 e. The van der Waals surface area contributed by atoms with Crippen LogP contribution in [0.2, 0.25) is 0 Å². The van der Waals surface area contributed by atoms with E-state index in [1.807, 2.05) is 6.92 Å². The number of nitrogens with one attached hydrogen (secondary N) is 1. The Morgan fingerprint density at radius 1 is 1.53 bits per heavy atom. The molecule has 1 rings (SSSR count). The van der Waals surface area contributed by atoms with Crippen LogP contribution in [0.5, 0.6) is 0 Å². The van der Waals surface area contributed by atoms with Gasteiger partial charge in [0, 0.05) is 13.0 Å². The summed E-state index contributed by atoms with van der Waals surface area (Å²) in [7, 11) is 0. The molecule has 82 valence electrons. The average Bonchev–Trinajstić information content (AvgIpc) is 2.59. The van der Waals surface area contributed by atoms with Gasteiger partial charge in [0.1, 0.15) is 0 Å². The summed E-state index contributed by atoms with van der Waals surface area (Å²) in [5, 5.41) is 10.9. The first-order valence-electron chi connectivity index (χ1n) is 4.64. The van der Waals surface area contributed by atoms with Gasteiger partial charge in [0.05, 0.1) is 6.26 Å². The Kier molecular flexibility index (Phi) is 3.91. The van der Waals surface area contributed by atoms with Crippen LogP contribution >= 0.6 is 0 Å². The molecule has 1 amide bonds. The molecule has 0 aromatic carbocycles. The molecule has 0 aliphatic heterocycles. The lowest BCUT2D eigenvalue weighted by atomic mass is 10.3. The minimum absolute atomic E-state index is 0.0530. The third-order valence-corrected chi connectivity index (χ3v) is 1.81. The van der Waals surface area contributed by atoms with E-state index in [0.29, 0.717) is 13.0 Å². The van der Waals surface area contributed by atoms with E-state index in [1.54, 1.807) is 6.07 Å². The molecule has 0 saturated heterocycles. The molecule has 0 fully saturated rings. The molecule has 1 aromatic heterocycles. The summed E-state index contributed by atoms with van der Waals surface area (Å²) in [6.45, 7) is 2.16. The molecule has 1 aromatic rings. The lowest BCUT2D eigenvalue weighted by molar-refractivity contribution is -0.137. The zero-order valence-electron chi connectivity index (χ0n) is 8.45. The summed E-state index contributed by atoms with van der Waals surface area (Å²) in [5.74, 6) is -0.922. The monoisotopic (exact) mass is 211 g/mol. The minimum atomic E-state index is -0.863. The van der Waals surface area contributed by atoms with Gasteiger partial charge in [0.15, 0.2) is 5.76 Å². The molecule has 2 N–H and O–H groups in total. The summed E-state index contributed by atoms with van der Waals surface area (Å²) in [4.78, 5) is 21.5. The maximum Gasteiger partial charge on any atom is 0.303 e. The molecule has 5 heteroatoms. The van der Waals surface area contributed by atoms with Crippen LogP contribution in [0.3, 0.4) is 0 Å². The smallest absolute Gasteiger partial charge is 0.303 e. The predicted octanol–water partition coefficient (Wildman–Crippen LogP) is 1.18. The van der Waals surface area contributed by atoms with Crippen LogP contribution in [0, 0.1) is 6.92 Å². The number of amides is 1. The van der Waals surface area contributed by atoms with Crippen LogP contribution in [-0.4, -0.2) is 23.5 Å². The summed E-state index contributed by atoms with van der Waals surface area (Å²) in [5.41, 5.74) is 0.880. The van der Waals surface area contributed by atoms with Crippen LogP contribution in [0.1, 0.15) is 29.0 Å². The highest BCUT2D eigenvalue weighted by Crippen LogP contribution is 2.05. The number of aliphatic carboxylic acids is 1. The van der Waals surface area contributed by atoms with Crippen molar-refractivity contribution in [2.75, 3.05) is 6.54 Å². The fraction of sp³-hybridized carbons (Fsp3) is 0.400. The van der Waals surface area contributed by atoms with E-state index in [2.05, 4.69) is 5.32 Å². The van der Waals surface area contributed by atoms with Gasteiger partial charge in [-0.15, -0.1) is 0 Å². The number of carbonyl (C=O) groups excluding carboxylic acids is 1. The molecule has 0 atom stereocenters. The van der Waals surface area contributed by atoms with Gasteiger partial charge in [-0.3, -0.25) is 9.59 Å². The molecule has 0 saturated carbocycles. The van der Waals surface area contributed by atoms with Crippen molar-refractivity contribution in [2.24, 2.45) is 0 Å². The Morgan fingerprint density at radius 2 is 2.27 bits per heavy atom. The molecule has 0 aliphatic carbocycles. The number of hydrogen-bond donors (Lipinski definition) is 2. The van der Waals surface area contributed by atoms with Gasteiger partial charge in [0.2, 0.25) is 0 Å². The van der Waals surface area contributed by atoms with E-state index in [0.717, 1.165) is 5.56 Å². The number of carboxylic acids is 1. The van der Waals surface area contributed by atoms with Crippen molar-refractivity contribution < 1.29 is 19.1 Å². The molecular formula is C10H13NO4. The van der Waals surface area contributed by atoms with Gasteiger partial charge in [-0.25, -0.2) is 0 Å². The van der Waals surface area contributed by atoms with Gasteiger partial charge in [-0.05, 0) is 25.0 Å². The first-order valence-corrected chi connectivity index (χ1v) is 4.64.